The van der Waals surface area contributed by atoms with Crippen molar-refractivity contribution in [3.63, 3.8) is 0 Å². The molecule has 0 aliphatic carbocycles. The van der Waals surface area contributed by atoms with Crippen LogP contribution in [0.5, 0.6) is 0 Å². The van der Waals surface area contributed by atoms with Crippen LogP contribution < -0.4 is 5.73 Å². The monoisotopic (exact) mass is 219 g/mol. The lowest BCUT2D eigenvalue weighted by atomic mass is 10.2. The van der Waals surface area contributed by atoms with E-state index in [1.165, 1.54) is 0 Å². The molecule has 0 radical (unpaired) electrons. The first kappa shape index (κ1) is 16.2. The maximum Gasteiger partial charge on any atom is 0.405 e. The Morgan fingerprint density at radius 3 is 1.47 bits per heavy atom. The summed E-state index contributed by atoms with van der Waals surface area (Å²) in [7, 11) is 0. The number of hydrogen-bond acceptors (Lipinski definition) is 4. The van der Waals surface area contributed by atoms with E-state index in [1.54, 1.807) is 20.8 Å². The standard InChI is InChI=1S/C5H11NO2.C5H10O2/c1-5(2,3)8-4(6)7;1-5(2,3)7-4-6/h1-3H3,(H2,6,7);4H,1-3H3. The van der Waals surface area contributed by atoms with Crippen LogP contribution in [0.3, 0.4) is 0 Å². The van der Waals surface area contributed by atoms with E-state index in [9.17, 15) is 9.59 Å². The van der Waals surface area contributed by atoms with Gasteiger partial charge < -0.3 is 15.2 Å². The highest BCUT2D eigenvalue weighted by molar-refractivity contribution is 5.65. The van der Waals surface area contributed by atoms with E-state index < -0.39 is 11.7 Å². The van der Waals surface area contributed by atoms with E-state index in [0.29, 0.717) is 6.47 Å². The first-order valence-corrected chi connectivity index (χ1v) is 4.58. The maximum atomic E-state index is 10.0. The molecular weight excluding hydrogens is 198 g/mol. The fraction of sp³-hybridized carbons (Fsp3) is 0.800. The number of amides is 1. The van der Waals surface area contributed by atoms with Crippen LogP contribution in [0.2, 0.25) is 0 Å². The molecule has 0 unspecified atom stereocenters. The van der Waals surface area contributed by atoms with E-state index in [2.05, 4.69) is 9.47 Å². The summed E-state index contributed by atoms with van der Waals surface area (Å²) in [6.07, 6.45) is -0.725. The zero-order valence-corrected chi connectivity index (χ0v) is 10.3. The first-order chi connectivity index (χ1) is 6.48. The van der Waals surface area contributed by atoms with Gasteiger partial charge in [0, 0.05) is 0 Å². The molecule has 0 fully saturated rings. The summed E-state index contributed by atoms with van der Waals surface area (Å²) < 4.78 is 9.12. The molecule has 0 bridgehead atoms. The quantitative estimate of drug-likeness (QED) is 0.682. The topological polar surface area (TPSA) is 78.6 Å². The largest absolute Gasteiger partial charge is 0.462 e. The molecule has 0 aliphatic rings. The third kappa shape index (κ3) is 24.5. The van der Waals surface area contributed by atoms with Crippen molar-refractivity contribution in [2.75, 3.05) is 0 Å². The molecule has 1 amide bonds. The lowest BCUT2D eigenvalue weighted by Crippen LogP contribution is -2.27. The molecular formula is C10H21NO4. The molecule has 15 heavy (non-hydrogen) atoms. The van der Waals surface area contributed by atoms with Crippen molar-refractivity contribution in [2.45, 2.75) is 52.7 Å². The van der Waals surface area contributed by atoms with E-state index in [-0.39, 0.29) is 5.60 Å². The number of primary amides is 1. The predicted molar refractivity (Wildman–Crippen MR) is 57.3 cm³/mol. The van der Waals surface area contributed by atoms with Crippen LogP contribution in [-0.2, 0) is 14.3 Å². The lowest BCUT2D eigenvalue weighted by molar-refractivity contribution is -0.138. The number of carbonyl (C=O) groups is 2. The van der Waals surface area contributed by atoms with Crippen molar-refractivity contribution in [2.24, 2.45) is 5.73 Å². The minimum absolute atomic E-state index is 0.318. The van der Waals surface area contributed by atoms with Gasteiger partial charge >= 0.3 is 6.09 Å². The molecule has 0 spiro atoms. The van der Waals surface area contributed by atoms with Crippen LogP contribution in [0.25, 0.3) is 0 Å². The molecule has 5 nitrogen and oxygen atoms in total. The third-order valence-electron chi connectivity index (χ3n) is 0.808. The summed E-state index contributed by atoms with van der Waals surface area (Å²) in [4.78, 5) is 19.6. The van der Waals surface area contributed by atoms with Crippen molar-refractivity contribution in [3.05, 3.63) is 0 Å². The molecule has 90 valence electrons. The third-order valence-corrected chi connectivity index (χ3v) is 0.808. The van der Waals surface area contributed by atoms with Gasteiger partial charge in [0.25, 0.3) is 6.47 Å². The minimum atomic E-state index is -0.725. The molecule has 0 aromatic carbocycles. The lowest BCUT2D eigenvalue weighted by Gasteiger charge is -2.16. The van der Waals surface area contributed by atoms with E-state index in [0.717, 1.165) is 0 Å². The van der Waals surface area contributed by atoms with Crippen LogP contribution in [0.4, 0.5) is 4.79 Å². The van der Waals surface area contributed by atoms with Gasteiger partial charge in [-0.3, -0.25) is 4.79 Å². The summed E-state index contributed by atoms with van der Waals surface area (Å²) in [6, 6.07) is 0. The van der Waals surface area contributed by atoms with Crippen LogP contribution in [-0.4, -0.2) is 23.8 Å². The van der Waals surface area contributed by atoms with Crippen LogP contribution in [0, 0.1) is 0 Å². The highest BCUT2D eigenvalue weighted by Crippen LogP contribution is 2.04. The van der Waals surface area contributed by atoms with Crippen molar-refractivity contribution < 1.29 is 19.1 Å². The van der Waals surface area contributed by atoms with Crippen molar-refractivity contribution >= 4 is 12.6 Å². The molecule has 0 saturated carbocycles. The highest BCUT2D eigenvalue weighted by atomic mass is 16.6. The Morgan fingerprint density at radius 2 is 1.47 bits per heavy atom. The van der Waals surface area contributed by atoms with E-state index in [1.807, 2.05) is 20.8 Å². The zero-order valence-electron chi connectivity index (χ0n) is 10.3. The van der Waals surface area contributed by atoms with Crippen molar-refractivity contribution in [3.8, 4) is 0 Å². The molecule has 5 heteroatoms. The average Bonchev–Trinajstić information content (AvgIpc) is 1.77. The van der Waals surface area contributed by atoms with Crippen LogP contribution in [0.1, 0.15) is 41.5 Å². The highest BCUT2D eigenvalue weighted by Gasteiger charge is 2.12. The normalized spacial score (nSPS) is 10.8. The minimum Gasteiger partial charge on any atom is -0.462 e. The van der Waals surface area contributed by atoms with Gasteiger partial charge in [-0.05, 0) is 41.5 Å². The summed E-state index contributed by atoms with van der Waals surface area (Å²) in [5, 5.41) is 0. The van der Waals surface area contributed by atoms with Gasteiger partial charge in [0.05, 0.1) is 0 Å². The molecule has 0 rings (SSSR count). The molecule has 0 heterocycles. The number of ether oxygens (including phenoxy) is 2. The van der Waals surface area contributed by atoms with Gasteiger partial charge in [-0.1, -0.05) is 0 Å². The molecule has 0 aromatic rings. The first-order valence-electron chi connectivity index (χ1n) is 4.58. The Bertz CT molecular complexity index is 200. The summed E-state index contributed by atoms with van der Waals surface area (Å²) >= 11 is 0. The van der Waals surface area contributed by atoms with Crippen molar-refractivity contribution in [1.29, 1.82) is 0 Å². The number of hydrogen-bond donors (Lipinski definition) is 1. The second kappa shape index (κ2) is 6.27. The number of rotatable bonds is 1. The predicted octanol–water partition coefficient (Wildman–Crippen LogP) is 1.84. The maximum absolute atomic E-state index is 10.0. The number of nitrogens with two attached hydrogens (primary N) is 1. The summed E-state index contributed by atoms with van der Waals surface area (Å²) in [5.41, 5.74) is 3.95. The van der Waals surface area contributed by atoms with Gasteiger partial charge in [-0.15, -0.1) is 0 Å². The number of carbonyl (C=O) groups excluding carboxylic acids is 2. The molecule has 0 aliphatic heterocycles. The van der Waals surface area contributed by atoms with Crippen LogP contribution >= 0.6 is 0 Å². The Labute approximate surface area is 90.9 Å². The average molecular weight is 219 g/mol. The molecule has 0 atom stereocenters. The van der Waals surface area contributed by atoms with Gasteiger partial charge in [-0.2, -0.15) is 0 Å². The fourth-order valence-corrected chi connectivity index (χ4v) is 0.446. The molecule has 0 saturated heterocycles. The Balaban J connectivity index is 0. The summed E-state index contributed by atoms with van der Waals surface area (Å²) in [5.74, 6) is 0. The summed E-state index contributed by atoms with van der Waals surface area (Å²) in [6.45, 7) is 11.2. The van der Waals surface area contributed by atoms with Crippen LogP contribution in [0.15, 0.2) is 0 Å². The second-order valence-electron chi connectivity index (χ2n) is 4.86. The van der Waals surface area contributed by atoms with Gasteiger partial charge in [-0.25, -0.2) is 4.79 Å². The van der Waals surface area contributed by atoms with Gasteiger partial charge in [0.15, 0.2) is 0 Å². The SMILES string of the molecule is CC(C)(C)OC(N)=O.CC(C)(C)OC=O. The zero-order chi connectivity index (χ0) is 12.7. The fourth-order valence-electron chi connectivity index (χ4n) is 0.446. The molecule has 0 aromatic heterocycles. The Hall–Kier alpha value is -1.26. The Kier molecular flexibility index (Phi) is 6.76. The Morgan fingerprint density at radius 1 is 1.07 bits per heavy atom. The molecule has 2 N–H and O–H groups in total. The smallest absolute Gasteiger partial charge is 0.405 e. The van der Waals surface area contributed by atoms with E-state index >= 15 is 0 Å². The second-order valence-corrected chi connectivity index (χ2v) is 4.86. The van der Waals surface area contributed by atoms with Gasteiger partial charge in [0.1, 0.15) is 11.2 Å². The van der Waals surface area contributed by atoms with Crippen molar-refractivity contribution in [1.82, 2.24) is 0 Å². The van der Waals surface area contributed by atoms with E-state index in [4.69, 9.17) is 5.73 Å². The van der Waals surface area contributed by atoms with Gasteiger partial charge in [0.2, 0.25) is 0 Å².